The first-order valence-electron chi connectivity index (χ1n) is 6.34. The highest BCUT2D eigenvalue weighted by molar-refractivity contribution is 7.89. The normalized spacial score (nSPS) is 11.3. The fourth-order valence-corrected chi connectivity index (χ4v) is 2.48. The Bertz CT molecular complexity index is 612. The molecule has 124 valence electrons. The van der Waals surface area contributed by atoms with Crippen molar-refractivity contribution in [3.05, 3.63) is 12.3 Å². The SMILES string of the molecule is COCCCS(=O)(=O)NCC(=O)Nc1ccn(CC(=O)O)n1. The summed E-state index contributed by atoms with van der Waals surface area (Å²) >= 11 is 0. The molecule has 1 aromatic heterocycles. The first-order valence-corrected chi connectivity index (χ1v) is 7.99. The molecular weight excluding hydrogens is 316 g/mol. The molecule has 1 rings (SSSR count). The summed E-state index contributed by atoms with van der Waals surface area (Å²) in [7, 11) is -2.08. The number of carboxylic acid groups (broad SMARTS) is 1. The van der Waals surface area contributed by atoms with E-state index in [1.807, 2.05) is 0 Å². The lowest BCUT2D eigenvalue weighted by Gasteiger charge is -2.06. The predicted octanol–water partition coefficient (Wildman–Crippen LogP) is -1.14. The van der Waals surface area contributed by atoms with Gasteiger partial charge in [0, 0.05) is 26.0 Å². The van der Waals surface area contributed by atoms with Crippen LogP contribution in [0, 0.1) is 0 Å². The number of anilines is 1. The summed E-state index contributed by atoms with van der Waals surface area (Å²) in [6, 6.07) is 1.41. The van der Waals surface area contributed by atoms with E-state index in [0.29, 0.717) is 13.0 Å². The van der Waals surface area contributed by atoms with Crippen molar-refractivity contribution in [1.29, 1.82) is 0 Å². The number of ether oxygens (including phenoxy) is 1. The number of nitrogens with zero attached hydrogens (tertiary/aromatic N) is 2. The smallest absolute Gasteiger partial charge is 0.325 e. The first kappa shape index (κ1) is 18.1. The van der Waals surface area contributed by atoms with Gasteiger partial charge in [-0.1, -0.05) is 0 Å². The van der Waals surface area contributed by atoms with Crippen LogP contribution in [0.3, 0.4) is 0 Å². The molecule has 0 radical (unpaired) electrons. The molecule has 0 fully saturated rings. The van der Waals surface area contributed by atoms with Crippen LogP contribution in [0.4, 0.5) is 5.82 Å². The number of carbonyl (C=O) groups excluding carboxylic acids is 1. The van der Waals surface area contributed by atoms with Crippen molar-refractivity contribution in [2.45, 2.75) is 13.0 Å². The third-order valence-electron chi connectivity index (χ3n) is 2.42. The van der Waals surface area contributed by atoms with Crippen LogP contribution in [0.2, 0.25) is 0 Å². The highest BCUT2D eigenvalue weighted by atomic mass is 32.2. The second-order valence-corrected chi connectivity index (χ2v) is 6.25. The van der Waals surface area contributed by atoms with Gasteiger partial charge in [0.1, 0.15) is 6.54 Å². The van der Waals surface area contributed by atoms with Gasteiger partial charge in [0.2, 0.25) is 15.9 Å². The van der Waals surface area contributed by atoms with E-state index in [1.165, 1.54) is 19.4 Å². The van der Waals surface area contributed by atoms with Gasteiger partial charge in [0.25, 0.3) is 0 Å². The van der Waals surface area contributed by atoms with Crippen molar-refractivity contribution in [1.82, 2.24) is 14.5 Å². The molecule has 10 nitrogen and oxygen atoms in total. The third-order valence-corrected chi connectivity index (χ3v) is 3.83. The predicted molar refractivity (Wildman–Crippen MR) is 76.8 cm³/mol. The molecule has 1 aromatic rings. The molecule has 0 saturated carbocycles. The van der Waals surface area contributed by atoms with Gasteiger partial charge in [0.15, 0.2) is 5.82 Å². The van der Waals surface area contributed by atoms with Gasteiger partial charge in [-0.2, -0.15) is 5.10 Å². The van der Waals surface area contributed by atoms with Crippen molar-refractivity contribution in [3.63, 3.8) is 0 Å². The third kappa shape index (κ3) is 7.15. The molecule has 0 spiro atoms. The van der Waals surface area contributed by atoms with Crippen molar-refractivity contribution < 1.29 is 27.9 Å². The number of aliphatic carboxylic acids is 1. The quantitative estimate of drug-likeness (QED) is 0.460. The fourth-order valence-electron chi connectivity index (χ4n) is 1.48. The van der Waals surface area contributed by atoms with Crippen molar-refractivity contribution in [2.24, 2.45) is 0 Å². The van der Waals surface area contributed by atoms with Gasteiger partial charge >= 0.3 is 5.97 Å². The Morgan fingerprint density at radius 2 is 2.18 bits per heavy atom. The molecule has 0 saturated heterocycles. The average molecular weight is 334 g/mol. The number of carbonyl (C=O) groups is 2. The molecule has 0 aliphatic carbocycles. The van der Waals surface area contributed by atoms with E-state index in [0.717, 1.165) is 4.68 Å². The average Bonchev–Trinajstić information content (AvgIpc) is 2.83. The van der Waals surface area contributed by atoms with E-state index in [1.54, 1.807) is 0 Å². The van der Waals surface area contributed by atoms with Crippen LogP contribution in [0.25, 0.3) is 0 Å². The van der Waals surface area contributed by atoms with Crippen LogP contribution in [0.1, 0.15) is 6.42 Å². The molecular formula is C11H18N4O6S. The summed E-state index contributed by atoms with van der Waals surface area (Å²) in [5, 5.41) is 14.8. The number of aromatic nitrogens is 2. The van der Waals surface area contributed by atoms with Gasteiger partial charge in [-0.15, -0.1) is 0 Å². The molecule has 0 unspecified atom stereocenters. The summed E-state index contributed by atoms with van der Waals surface area (Å²) in [5.41, 5.74) is 0. The minimum atomic E-state index is -3.55. The van der Waals surface area contributed by atoms with Gasteiger partial charge in [0.05, 0.1) is 12.3 Å². The van der Waals surface area contributed by atoms with Crippen LogP contribution in [-0.4, -0.2) is 61.2 Å². The van der Waals surface area contributed by atoms with E-state index in [2.05, 4.69) is 15.1 Å². The Balaban J connectivity index is 2.39. The Labute approximate surface area is 127 Å². The number of amides is 1. The van der Waals surface area contributed by atoms with Crippen LogP contribution in [0.15, 0.2) is 12.3 Å². The summed E-state index contributed by atoms with van der Waals surface area (Å²) in [5.74, 6) is -1.66. The van der Waals surface area contributed by atoms with E-state index < -0.39 is 28.4 Å². The lowest BCUT2D eigenvalue weighted by molar-refractivity contribution is -0.137. The maximum Gasteiger partial charge on any atom is 0.325 e. The molecule has 0 aliphatic rings. The summed E-state index contributed by atoms with van der Waals surface area (Å²) in [6.45, 7) is -0.447. The number of hydrogen-bond acceptors (Lipinski definition) is 6. The van der Waals surface area contributed by atoms with Crippen LogP contribution in [-0.2, 0) is 30.9 Å². The van der Waals surface area contributed by atoms with Crippen LogP contribution >= 0.6 is 0 Å². The number of rotatable bonds is 10. The summed E-state index contributed by atoms with van der Waals surface area (Å²) < 4.78 is 31.1. The van der Waals surface area contributed by atoms with Gasteiger partial charge in [-0.05, 0) is 6.42 Å². The van der Waals surface area contributed by atoms with Crippen molar-refractivity contribution in [3.8, 4) is 0 Å². The van der Waals surface area contributed by atoms with E-state index in [9.17, 15) is 18.0 Å². The summed E-state index contributed by atoms with van der Waals surface area (Å²) in [6.07, 6.45) is 1.71. The van der Waals surface area contributed by atoms with Gasteiger partial charge < -0.3 is 15.2 Å². The lowest BCUT2D eigenvalue weighted by Crippen LogP contribution is -2.34. The van der Waals surface area contributed by atoms with E-state index >= 15 is 0 Å². The molecule has 0 aromatic carbocycles. The second kappa shape index (κ2) is 8.46. The van der Waals surface area contributed by atoms with Crippen molar-refractivity contribution >= 4 is 27.7 Å². The first-order chi connectivity index (χ1) is 10.3. The topological polar surface area (TPSA) is 140 Å². The molecule has 1 amide bonds. The zero-order chi connectivity index (χ0) is 16.6. The number of hydrogen-bond donors (Lipinski definition) is 3. The highest BCUT2D eigenvalue weighted by Gasteiger charge is 2.13. The van der Waals surface area contributed by atoms with Crippen LogP contribution < -0.4 is 10.0 Å². The molecule has 3 N–H and O–H groups in total. The Morgan fingerprint density at radius 1 is 1.45 bits per heavy atom. The number of sulfonamides is 1. The zero-order valence-electron chi connectivity index (χ0n) is 12.0. The monoisotopic (exact) mass is 334 g/mol. The lowest BCUT2D eigenvalue weighted by atomic mass is 10.5. The maximum atomic E-state index is 11.6. The van der Waals surface area contributed by atoms with E-state index in [-0.39, 0.29) is 18.1 Å². The Hall–Kier alpha value is -1.98. The summed E-state index contributed by atoms with van der Waals surface area (Å²) in [4.78, 5) is 22.1. The largest absolute Gasteiger partial charge is 0.480 e. The minimum Gasteiger partial charge on any atom is -0.480 e. The molecule has 0 atom stereocenters. The molecule has 0 bridgehead atoms. The second-order valence-electron chi connectivity index (χ2n) is 4.33. The van der Waals surface area contributed by atoms with Crippen LogP contribution in [0.5, 0.6) is 0 Å². The van der Waals surface area contributed by atoms with E-state index in [4.69, 9.17) is 9.84 Å². The number of carboxylic acids is 1. The Kier molecular flexibility index (Phi) is 6.95. The van der Waals surface area contributed by atoms with Crippen molar-refractivity contribution in [2.75, 3.05) is 31.3 Å². The zero-order valence-corrected chi connectivity index (χ0v) is 12.8. The maximum absolute atomic E-state index is 11.6. The fraction of sp³-hybridized carbons (Fsp3) is 0.545. The standard InChI is InChI=1S/C11H18N4O6S/c1-21-5-2-6-22(19,20)12-7-10(16)13-9-3-4-15(14-9)8-11(17)18/h3-4,12H,2,5-8H2,1H3,(H,17,18)(H,13,14,16). The molecule has 1 heterocycles. The molecule has 11 heteroatoms. The van der Waals surface area contributed by atoms with Gasteiger partial charge in [-0.25, -0.2) is 13.1 Å². The number of nitrogens with one attached hydrogen (secondary N) is 2. The Morgan fingerprint density at radius 3 is 2.82 bits per heavy atom. The molecule has 22 heavy (non-hydrogen) atoms. The minimum absolute atomic E-state index is 0.138. The van der Waals surface area contributed by atoms with Gasteiger partial charge in [-0.3, -0.25) is 14.3 Å². The highest BCUT2D eigenvalue weighted by Crippen LogP contribution is 2.02. The number of methoxy groups -OCH3 is 1. The molecule has 0 aliphatic heterocycles.